The normalized spacial score (nSPS) is 19.9. The highest BCUT2D eigenvalue weighted by Gasteiger charge is 2.22. The average Bonchev–Trinajstić information content (AvgIpc) is 3.14. The summed E-state index contributed by atoms with van der Waals surface area (Å²) in [5.41, 5.74) is 4.52. The van der Waals surface area contributed by atoms with Gasteiger partial charge >= 0.3 is 0 Å². The summed E-state index contributed by atoms with van der Waals surface area (Å²) in [5.74, 6) is 1.56. The molecule has 5 nitrogen and oxygen atoms in total. The zero-order valence-corrected chi connectivity index (χ0v) is 16.1. The Morgan fingerprint density at radius 3 is 2.64 bits per heavy atom. The third kappa shape index (κ3) is 3.38. The molecule has 1 aliphatic heterocycles. The van der Waals surface area contributed by atoms with E-state index < -0.39 is 0 Å². The van der Waals surface area contributed by atoms with Crippen molar-refractivity contribution in [3.05, 3.63) is 66.5 Å². The lowest BCUT2D eigenvalue weighted by Crippen LogP contribution is -2.36. The zero-order valence-electron chi connectivity index (χ0n) is 16.1. The van der Waals surface area contributed by atoms with Gasteiger partial charge in [0.1, 0.15) is 11.5 Å². The Balaban J connectivity index is 1.44. The largest absolute Gasteiger partial charge is 0.378 e. The predicted octanol–water partition coefficient (Wildman–Crippen LogP) is 4.74. The third-order valence-corrected chi connectivity index (χ3v) is 5.72. The maximum atomic E-state index is 5.46. The van der Waals surface area contributed by atoms with Crippen molar-refractivity contribution in [2.45, 2.75) is 25.2 Å². The first-order chi connectivity index (χ1) is 13.9. The maximum absolute atomic E-state index is 5.46. The summed E-state index contributed by atoms with van der Waals surface area (Å²) in [7, 11) is 0. The maximum Gasteiger partial charge on any atom is 0.138 e. The quantitative estimate of drug-likeness (QED) is 0.670. The van der Waals surface area contributed by atoms with Crippen LogP contribution >= 0.6 is 0 Å². The molecule has 144 valence electrons. The SMILES string of the molecule is C1=CCC(c2nc3ccccn3c2Nc2ccc(N3CCOCC3)cc2)CC1. The number of aromatic nitrogens is 2. The van der Waals surface area contributed by atoms with Gasteiger partial charge in [0.25, 0.3) is 0 Å². The van der Waals surface area contributed by atoms with Crippen LogP contribution in [0.1, 0.15) is 30.9 Å². The van der Waals surface area contributed by atoms with Gasteiger partial charge in [-0.3, -0.25) is 4.40 Å². The Kier molecular flexibility index (Phi) is 4.75. The van der Waals surface area contributed by atoms with E-state index in [1.807, 2.05) is 6.07 Å². The van der Waals surface area contributed by atoms with E-state index in [-0.39, 0.29) is 0 Å². The molecule has 1 saturated heterocycles. The van der Waals surface area contributed by atoms with E-state index in [1.54, 1.807) is 0 Å². The summed E-state index contributed by atoms with van der Waals surface area (Å²) >= 11 is 0. The first-order valence-electron chi connectivity index (χ1n) is 10.2. The van der Waals surface area contributed by atoms with Gasteiger partial charge in [-0.1, -0.05) is 18.2 Å². The molecule has 3 heterocycles. The Labute approximate surface area is 165 Å². The number of rotatable bonds is 4. The minimum atomic E-state index is 0.472. The third-order valence-electron chi connectivity index (χ3n) is 5.72. The van der Waals surface area contributed by atoms with Gasteiger partial charge in [0, 0.05) is 36.6 Å². The standard InChI is InChI=1S/C23H26N4O/c1-2-6-18(7-3-1)22-23(27-13-5-4-8-21(27)25-22)24-19-9-11-20(12-10-19)26-14-16-28-17-15-26/h1-2,4-5,8-13,18,24H,3,6-7,14-17H2. The molecule has 0 bridgehead atoms. The van der Waals surface area contributed by atoms with Crippen LogP contribution in [-0.4, -0.2) is 35.7 Å². The summed E-state index contributed by atoms with van der Waals surface area (Å²) in [6, 6.07) is 14.9. The smallest absolute Gasteiger partial charge is 0.138 e. The second-order valence-corrected chi connectivity index (χ2v) is 7.53. The molecule has 1 aliphatic carbocycles. The summed E-state index contributed by atoms with van der Waals surface area (Å²) in [6.45, 7) is 3.53. The second kappa shape index (κ2) is 7.68. The fraction of sp³-hybridized carbons (Fsp3) is 0.348. The Morgan fingerprint density at radius 2 is 1.86 bits per heavy atom. The molecule has 2 aromatic heterocycles. The van der Waals surface area contributed by atoms with Crippen LogP contribution in [-0.2, 0) is 4.74 Å². The zero-order chi connectivity index (χ0) is 18.8. The first kappa shape index (κ1) is 17.3. The van der Waals surface area contributed by atoms with Crippen LogP contribution in [0.15, 0.2) is 60.8 Å². The fourth-order valence-corrected chi connectivity index (χ4v) is 4.18. The molecule has 0 saturated carbocycles. The van der Waals surface area contributed by atoms with Crippen molar-refractivity contribution in [2.75, 3.05) is 36.5 Å². The molecule has 5 heteroatoms. The Morgan fingerprint density at radius 1 is 1.00 bits per heavy atom. The van der Waals surface area contributed by atoms with E-state index in [9.17, 15) is 0 Å². The summed E-state index contributed by atoms with van der Waals surface area (Å²) in [6.07, 6.45) is 10.0. The minimum absolute atomic E-state index is 0.472. The first-order valence-corrected chi connectivity index (χ1v) is 10.2. The lowest BCUT2D eigenvalue weighted by Gasteiger charge is -2.29. The van der Waals surface area contributed by atoms with Gasteiger partial charge < -0.3 is 15.0 Å². The van der Waals surface area contributed by atoms with E-state index in [0.717, 1.165) is 62.7 Å². The molecule has 0 spiro atoms. The van der Waals surface area contributed by atoms with E-state index in [1.165, 1.54) is 11.4 Å². The van der Waals surface area contributed by atoms with Crippen molar-refractivity contribution >= 4 is 22.8 Å². The lowest BCUT2D eigenvalue weighted by atomic mass is 9.91. The second-order valence-electron chi connectivity index (χ2n) is 7.53. The van der Waals surface area contributed by atoms with Gasteiger partial charge in [-0.25, -0.2) is 4.98 Å². The Hall–Kier alpha value is -2.79. The van der Waals surface area contributed by atoms with Gasteiger partial charge in [-0.05, 0) is 55.7 Å². The predicted molar refractivity (Wildman–Crippen MR) is 114 cm³/mol. The summed E-state index contributed by atoms with van der Waals surface area (Å²) in [5, 5.41) is 3.66. The molecule has 1 unspecified atom stereocenters. The molecule has 0 amide bonds. The molecule has 1 fully saturated rings. The van der Waals surface area contributed by atoms with Gasteiger partial charge in [0.05, 0.1) is 18.9 Å². The number of hydrogen-bond acceptors (Lipinski definition) is 4. The van der Waals surface area contributed by atoms with Crippen molar-refractivity contribution in [3.8, 4) is 0 Å². The van der Waals surface area contributed by atoms with Crippen LogP contribution in [0.4, 0.5) is 17.2 Å². The van der Waals surface area contributed by atoms with Crippen molar-refractivity contribution in [3.63, 3.8) is 0 Å². The number of morpholine rings is 1. The monoisotopic (exact) mass is 374 g/mol. The van der Waals surface area contributed by atoms with E-state index >= 15 is 0 Å². The Bertz CT molecular complexity index is 970. The average molecular weight is 374 g/mol. The van der Waals surface area contributed by atoms with E-state index in [4.69, 9.17) is 9.72 Å². The van der Waals surface area contributed by atoms with Crippen LogP contribution < -0.4 is 10.2 Å². The van der Waals surface area contributed by atoms with Crippen molar-refractivity contribution < 1.29 is 4.74 Å². The van der Waals surface area contributed by atoms with Crippen LogP contribution in [0.25, 0.3) is 5.65 Å². The molecular weight excluding hydrogens is 348 g/mol. The number of fused-ring (bicyclic) bond motifs is 1. The van der Waals surface area contributed by atoms with Crippen molar-refractivity contribution in [2.24, 2.45) is 0 Å². The molecule has 1 atom stereocenters. The number of nitrogens with one attached hydrogen (secondary N) is 1. The van der Waals surface area contributed by atoms with Gasteiger partial charge in [-0.2, -0.15) is 0 Å². The van der Waals surface area contributed by atoms with E-state index in [0.29, 0.717) is 5.92 Å². The number of anilines is 3. The number of benzene rings is 1. The summed E-state index contributed by atoms with van der Waals surface area (Å²) < 4.78 is 7.63. The molecule has 1 N–H and O–H groups in total. The van der Waals surface area contributed by atoms with Crippen LogP contribution in [0.5, 0.6) is 0 Å². The van der Waals surface area contributed by atoms with Crippen LogP contribution in [0, 0.1) is 0 Å². The molecule has 2 aliphatic rings. The topological polar surface area (TPSA) is 41.8 Å². The highest BCUT2D eigenvalue weighted by Crippen LogP contribution is 2.35. The number of allylic oxidation sites excluding steroid dienone is 2. The molecule has 0 radical (unpaired) electrons. The van der Waals surface area contributed by atoms with E-state index in [2.05, 4.69) is 69.4 Å². The number of ether oxygens (including phenoxy) is 1. The van der Waals surface area contributed by atoms with Crippen LogP contribution in [0.2, 0.25) is 0 Å². The molecule has 3 aromatic rings. The lowest BCUT2D eigenvalue weighted by molar-refractivity contribution is 0.122. The highest BCUT2D eigenvalue weighted by molar-refractivity contribution is 5.66. The van der Waals surface area contributed by atoms with Gasteiger partial charge in [0.2, 0.25) is 0 Å². The molecule has 5 rings (SSSR count). The number of hydrogen-bond donors (Lipinski definition) is 1. The minimum Gasteiger partial charge on any atom is -0.378 e. The van der Waals surface area contributed by atoms with Crippen molar-refractivity contribution in [1.29, 1.82) is 0 Å². The number of nitrogens with zero attached hydrogens (tertiary/aromatic N) is 3. The fourth-order valence-electron chi connectivity index (χ4n) is 4.18. The van der Waals surface area contributed by atoms with Crippen molar-refractivity contribution in [1.82, 2.24) is 9.38 Å². The number of imidazole rings is 1. The van der Waals surface area contributed by atoms with Gasteiger partial charge in [0.15, 0.2) is 0 Å². The number of pyridine rings is 1. The molecule has 1 aromatic carbocycles. The molecular formula is C23H26N4O. The highest BCUT2D eigenvalue weighted by atomic mass is 16.5. The molecule has 28 heavy (non-hydrogen) atoms. The summed E-state index contributed by atoms with van der Waals surface area (Å²) in [4.78, 5) is 7.34. The van der Waals surface area contributed by atoms with Crippen LogP contribution in [0.3, 0.4) is 0 Å². The van der Waals surface area contributed by atoms with Gasteiger partial charge in [-0.15, -0.1) is 0 Å².